The highest BCUT2D eigenvalue weighted by molar-refractivity contribution is 7.90. The van der Waals surface area contributed by atoms with E-state index < -0.39 is 21.9 Å². The molecular formula is C13H18O7S. The van der Waals surface area contributed by atoms with E-state index in [1.54, 1.807) is 6.92 Å². The molecule has 1 aromatic carbocycles. The molecule has 1 N–H and O–H groups in total. The van der Waals surface area contributed by atoms with Gasteiger partial charge in [-0.25, -0.2) is 13.2 Å². The fourth-order valence-electron chi connectivity index (χ4n) is 1.74. The Morgan fingerprint density at radius 3 is 2.24 bits per heavy atom. The van der Waals surface area contributed by atoms with Crippen molar-refractivity contribution in [1.82, 2.24) is 0 Å². The number of hydrogen-bond donors (Lipinski definition) is 1. The van der Waals surface area contributed by atoms with Gasteiger partial charge in [-0.05, 0) is 13.0 Å². The molecule has 0 heterocycles. The largest absolute Gasteiger partial charge is 0.496 e. The quantitative estimate of drug-likeness (QED) is 0.771. The lowest BCUT2D eigenvalue weighted by Crippen LogP contribution is -2.17. The van der Waals surface area contributed by atoms with Crippen LogP contribution in [0.3, 0.4) is 0 Å². The van der Waals surface area contributed by atoms with E-state index in [4.69, 9.17) is 14.2 Å². The van der Waals surface area contributed by atoms with Crippen LogP contribution in [0.5, 0.6) is 11.5 Å². The number of esters is 1. The molecule has 1 unspecified atom stereocenters. The van der Waals surface area contributed by atoms with Crippen LogP contribution in [-0.4, -0.2) is 46.6 Å². The summed E-state index contributed by atoms with van der Waals surface area (Å²) in [5.41, 5.74) is 0.0696. The molecule has 21 heavy (non-hydrogen) atoms. The second-order valence-corrected chi connectivity index (χ2v) is 6.16. The normalized spacial score (nSPS) is 12.6. The second kappa shape index (κ2) is 6.77. The number of benzene rings is 1. The first-order valence-electron chi connectivity index (χ1n) is 6.06. The first-order valence-corrected chi connectivity index (χ1v) is 7.96. The van der Waals surface area contributed by atoms with Gasteiger partial charge in [0.1, 0.15) is 16.4 Å². The molecule has 0 saturated carbocycles. The minimum atomic E-state index is -3.55. The summed E-state index contributed by atoms with van der Waals surface area (Å²) in [6.07, 6.45) is -0.575. The van der Waals surface area contributed by atoms with Gasteiger partial charge in [-0.1, -0.05) is 0 Å². The van der Waals surface area contributed by atoms with Crippen LogP contribution in [0.1, 0.15) is 18.6 Å². The summed E-state index contributed by atoms with van der Waals surface area (Å²) in [5, 5.41) is 9.99. The standard InChI is InChI=1S/C13H18O7S/c1-5-20-13(15)12(14)8-6-10(19-3)11(21(4,16)17)7-9(8)18-2/h6-7,12,14H,5H2,1-4H3. The van der Waals surface area contributed by atoms with Crippen LogP contribution < -0.4 is 9.47 Å². The molecular weight excluding hydrogens is 300 g/mol. The number of methoxy groups -OCH3 is 2. The Labute approximate surface area is 123 Å². The molecule has 1 rings (SSSR count). The predicted octanol–water partition coefficient (Wildman–Crippen LogP) is 0.704. The summed E-state index contributed by atoms with van der Waals surface area (Å²) in [4.78, 5) is 11.5. The van der Waals surface area contributed by atoms with E-state index >= 15 is 0 Å². The molecule has 0 aliphatic heterocycles. The smallest absolute Gasteiger partial charge is 0.339 e. The van der Waals surface area contributed by atoms with Crippen molar-refractivity contribution >= 4 is 15.8 Å². The summed E-state index contributed by atoms with van der Waals surface area (Å²) in [6, 6.07) is 2.45. The van der Waals surface area contributed by atoms with Crippen LogP contribution in [0.25, 0.3) is 0 Å². The van der Waals surface area contributed by atoms with Crippen molar-refractivity contribution in [3.63, 3.8) is 0 Å². The molecule has 7 nitrogen and oxygen atoms in total. The Balaban J connectivity index is 3.44. The number of aliphatic hydroxyl groups excluding tert-OH is 1. The van der Waals surface area contributed by atoms with Gasteiger partial charge < -0.3 is 19.3 Å². The minimum Gasteiger partial charge on any atom is -0.496 e. The Kier molecular flexibility index (Phi) is 5.56. The number of hydrogen-bond acceptors (Lipinski definition) is 7. The molecule has 118 valence electrons. The first-order chi connectivity index (χ1) is 9.76. The van der Waals surface area contributed by atoms with Gasteiger partial charge in [0.05, 0.1) is 20.8 Å². The van der Waals surface area contributed by atoms with Crippen molar-refractivity contribution in [3.05, 3.63) is 17.7 Å². The number of rotatable bonds is 6. The second-order valence-electron chi connectivity index (χ2n) is 4.17. The highest BCUT2D eigenvalue weighted by Crippen LogP contribution is 2.35. The van der Waals surface area contributed by atoms with Crippen LogP contribution >= 0.6 is 0 Å². The van der Waals surface area contributed by atoms with Gasteiger partial charge in [-0.15, -0.1) is 0 Å². The first kappa shape index (κ1) is 17.3. The highest BCUT2D eigenvalue weighted by Gasteiger charge is 2.26. The van der Waals surface area contributed by atoms with E-state index in [0.717, 1.165) is 6.26 Å². The number of sulfone groups is 1. The molecule has 0 amide bonds. The lowest BCUT2D eigenvalue weighted by Gasteiger charge is -2.17. The van der Waals surface area contributed by atoms with Gasteiger partial charge in [0.15, 0.2) is 15.9 Å². The van der Waals surface area contributed by atoms with Gasteiger partial charge >= 0.3 is 5.97 Å². The minimum absolute atomic E-state index is 0.0108. The summed E-state index contributed by atoms with van der Waals surface area (Å²) in [5.74, 6) is -0.793. The van der Waals surface area contributed by atoms with Crippen LogP contribution in [-0.2, 0) is 19.4 Å². The zero-order valence-electron chi connectivity index (χ0n) is 12.2. The van der Waals surface area contributed by atoms with Gasteiger partial charge in [0.25, 0.3) is 0 Å². The monoisotopic (exact) mass is 318 g/mol. The maximum absolute atomic E-state index is 11.7. The molecule has 0 aromatic heterocycles. The molecule has 8 heteroatoms. The topological polar surface area (TPSA) is 99.1 Å². The van der Waals surface area contributed by atoms with E-state index in [1.807, 2.05) is 0 Å². The molecule has 0 aliphatic rings. The zero-order chi connectivity index (χ0) is 16.2. The molecule has 1 atom stereocenters. The van der Waals surface area contributed by atoms with Crippen LogP contribution in [0.2, 0.25) is 0 Å². The Bertz CT molecular complexity index is 622. The van der Waals surface area contributed by atoms with Gasteiger partial charge in [0.2, 0.25) is 0 Å². The van der Waals surface area contributed by atoms with Crippen molar-refractivity contribution < 1.29 is 32.5 Å². The molecule has 0 saturated heterocycles. The highest BCUT2D eigenvalue weighted by atomic mass is 32.2. The fraction of sp³-hybridized carbons (Fsp3) is 0.462. The lowest BCUT2D eigenvalue weighted by molar-refractivity contribution is -0.153. The summed E-state index contributed by atoms with van der Waals surface area (Å²) >= 11 is 0. The SMILES string of the molecule is CCOC(=O)C(O)c1cc(OC)c(S(C)(=O)=O)cc1OC. The third kappa shape index (κ3) is 3.85. The van der Waals surface area contributed by atoms with E-state index in [0.29, 0.717) is 0 Å². The van der Waals surface area contributed by atoms with Crippen LogP contribution in [0.15, 0.2) is 17.0 Å². The maximum Gasteiger partial charge on any atom is 0.339 e. The van der Waals surface area contributed by atoms with Crippen LogP contribution in [0.4, 0.5) is 0 Å². The van der Waals surface area contributed by atoms with Gasteiger partial charge in [-0.3, -0.25) is 0 Å². The Morgan fingerprint density at radius 1 is 1.24 bits per heavy atom. The van der Waals surface area contributed by atoms with Crippen molar-refractivity contribution in [2.24, 2.45) is 0 Å². The fourth-order valence-corrected chi connectivity index (χ4v) is 2.57. The third-order valence-electron chi connectivity index (χ3n) is 2.72. The molecule has 0 bridgehead atoms. The number of carbonyl (C=O) groups is 1. The number of carbonyl (C=O) groups excluding carboxylic acids is 1. The predicted molar refractivity (Wildman–Crippen MR) is 74.2 cm³/mol. The lowest BCUT2D eigenvalue weighted by atomic mass is 10.1. The summed E-state index contributed by atoms with van der Waals surface area (Å²) in [6.45, 7) is 1.71. The average molecular weight is 318 g/mol. The summed E-state index contributed by atoms with van der Waals surface area (Å²) < 4.78 is 38.2. The molecule has 0 spiro atoms. The maximum atomic E-state index is 11.7. The number of aliphatic hydroxyl groups is 1. The van der Waals surface area contributed by atoms with Gasteiger partial charge in [0, 0.05) is 17.9 Å². The molecule has 0 fully saturated rings. The van der Waals surface area contributed by atoms with Crippen molar-refractivity contribution in [2.75, 3.05) is 27.1 Å². The third-order valence-corrected chi connectivity index (χ3v) is 3.84. The Hall–Kier alpha value is -1.80. The molecule has 0 aliphatic carbocycles. The van der Waals surface area contributed by atoms with Gasteiger partial charge in [-0.2, -0.15) is 0 Å². The van der Waals surface area contributed by atoms with Crippen molar-refractivity contribution in [3.8, 4) is 11.5 Å². The Morgan fingerprint density at radius 2 is 1.81 bits per heavy atom. The van der Waals surface area contributed by atoms with Crippen LogP contribution in [0, 0.1) is 0 Å². The number of ether oxygens (including phenoxy) is 3. The zero-order valence-corrected chi connectivity index (χ0v) is 13.1. The average Bonchev–Trinajstić information content (AvgIpc) is 2.44. The molecule has 0 radical (unpaired) electrons. The van der Waals surface area contributed by atoms with Crippen molar-refractivity contribution in [1.29, 1.82) is 0 Å². The van der Waals surface area contributed by atoms with E-state index in [1.165, 1.54) is 26.4 Å². The van der Waals surface area contributed by atoms with E-state index in [2.05, 4.69) is 0 Å². The van der Waals surface area contributed by atoms with Crippen molar-refractivity contribution in [2.45, 2.75) is 17.9 Å². The van der Waals surface area contributed by atoms with E-state index in [9.17, 15) is 18.3 Å². The molecule has 1 aromatic rings. The summed E-state index contributed by atoms with van der Waals surface area (Å²) in [7, 11) is -0.964. The van der Waals surface area contributed by atoms with E-state index in [-0.39, 0.29) is 28.6 Å².